The van der Waals surface area contributed by atoms with Gasteiger partial charge in [0.15, 0.2) is 0 Å². The second-order valence-electron chi connectivity index (χ2n) is 4.40. The van der Waals surface area contributed by atoms with Crippen LogP contribution in [-0.2, 0) is 6.42 Å². The number of benzene rings is 2. The molecule has 0 bridgehead atoms. The van der Waals surface area contributed by atoms with Gasteiger partial charge in [-0.3, -0.25) is 4.79 Å². The van der Waals surface area contributed by atoms with Crippen LogP contribution in [0.1, 0.15) is 28.4 Å². The lowest BCUT2D eigenvalue weighted by atomic mass is 10.1. The van der Waals surface area contributed by atoms with E-state index in [0.29, 0.717) is 5.56 Å². The molecule has 0 atom stereocenters. The summed E-state index contributed by atoms with van der Waals surface area (Å²) in [5.41, 5.74) is 2.31. The summed E-state index contributed by atoms with van der Waals surface area (Å²) >= 11 is 0. The lowest BCUT2D eigenvalue weighted by molar-refractivity contribution is 0.102. The van der Waals surface area contributed by atoms with Crippen molar-refractivity contribution in [3.63, 3.8) is 0 Å². The van der Waals surface area contributed by atoms with E-state index in [1.807, 2.05) is 31.2 Å². The summed E-state index contributed by atoms with van der Waals surface area (Å²) < 4.78 is 13.9. The van der Waals surface area contributed by atoms with Crippen LogP contribution in [0, 0.1) is 12.7 Å². The van der Waals surface area contributed by atoms with Crippen molar-refractivity contribution in [2.24, 2.45) is 0 Å². The van der Waals surface area contributed by atoms with E-state index in [0.717, 1.165) is 17.7 Å². The van der Waals surface area contributed by atoms with Crippen LogP contribution in [0.2, 0.25) is 0 Å². The Bertz CT molecular complexity index is 607. The molecule has 98 valence electrons. The molecule has 2 rings (SSSR count). The van der Waals surface area contributed by atoms with Crippen molar-refractivity contribution in [1.29, 1.82) is 0 Å². The van der Waals surface area contributed by atoms with E-state index in [4.69, 9.17) is 0 Å². The number of para-hydroxylation sites is 1. The van der Waals surface area contributed by atoms with Crippen molar-refractivity contribution >= 4 is 11.6 Å². The van der Waals surface area contributed by atoms with Crippen molar-refractivity contribution in [2.75, 3.05) is 5.32 Å². The van der Waals surface area contributed by atoms with Crippen LogP contribution in [0.5, 0.6) is 0 Å². The first-order valence-corrected chi connectivity index (χ1v) is 6.28. The maximum Gasteiger partial charge on any atom is 0.258 e. The van der Waals surface area contributed by atoms with E-state index in [-0.39, 0.29) is 5.56 Å². The van der Waals surface area contributed by atoms with Crippen LogP contribution in [0.25, 0.3) is 0 Å². The molecule has 0 aliphatic rings. The average molecular weight is 257 g/mol. The second kappa shape index (κ2) is 5.65. The number of carbonyl (C=O) groups is 1. The van der Waals surface area contributed by atoms with E-state index in [2.05, 4.69) is 5.32 Å². The van der Waals surface area contributed by atoms with Gasteiger partial charge in [0, 0.05) is 5.69 Å². The quantitative estimate of drug-likeness (QED) is 0.886. The Balaban J connectivity index is 2.28. The van der Waals surface area contributed by atoms with E-state index in [9.17, 15) is 9.18 Å². The zero-order chi connectivity index (χ0) is 13.8. The molecule has 2 nitrogen and oxygen atoms in total. The van der Waals surface area contributed by atoms with Crippen LogP contribution in [0.15, 0.2) is 42.5 Å². The van der Waals surface area contributed by atoms with Crippen molar-refractivity contribution in [1.82, 2.24) is 0 Å². The summed E-state index contributed by atoms with van der Waals surface area (Å²) in [6, 6.07) is 12.4. The molecule has 0 saturated heterocycles. The van der Waals surface area contributed by atoms with Crippen LogP contribution in [0.3, 0.4) is 0 Å². The lowest BCUT2D eigenvalue weighted by Crippen LogP contribution is -2.15. The monoisotopic (exact) mass is 257 g/mol. The number of aryl methyl sites for hydroxylation is 2. The fourth-order valence-corrected chi connectivity index (χ4v) is 1.96. The van der Waals surface area contributed by atoms with Gasteiger partial charge in [0.2, 0.25) is 0 Å². The van der Waals surface area contributed by atoms with Crippen molar-refractivity contribution in [3.05, 3.63) is 65.0 Å². The Morgan fingerprint density at radius 2 is 1.89 bits per heavy atom. The molecule has 1 amide bonds. The number of nitrogens with one attached hydrogen (secondary N) is 1. The first kappa shape index (κ1) is 13.3. The van der Waals surface area contributed by atoms with Crippen LogP contribution < -0.4 is 5.32 Å². The Kier molecular flexibility index (Phi) is 3.95. The Labute approximate surface area is 112 Å². The Morgan fingerprint density at radius 3 is 2.63 bits per heavy atom. The summed E-state index contributed by atoms with van der Waals surface area (Å²) in [7, 11) is 0. The first-order valence-electron chi connectivity index (χ1n) is 6.28. The third kappa shape index (κ3) is 2.81. The minimum absolute atomic E-state index is 0.0749. The molecule has 1 N–H and O–H groups in total. The van der Waals surface area contributed by atoms with E-state index >= 15 is 0 Å². The van der Waals surface area contributed by atoms with Gasteiger partial charge in [-0.1, -0.05) is 37.3 Å². The smallest absolute Gasteiger partial charge is 0.258 e. The van der Waals surface area contributed by atoms with Gasteiger partial charge in [0.1, 0.15) is 5.82 Å². The van der Waals surface area contributed by atoms with Crippen molar-refractivity contribution < 1.29 is 9.18 Å². The topological polar surface area (TPSA) is 29.1 Å². The third-order valence-electron chi connectivity index (χ3n) is 3.08. The fourth-order valence-electron chi connectivity index (χ4n) is 1.96. The van der Waals surface area contributed by atoms with Crippen molar-refractivity contribution in [2.45, 2.75) is 20.3 Å². The SMILES string of the molecule is CCc1ccccc1NC(=O)c1cccc(C)c1F. The molecule has 0 aromatic heterocycles. The highest BCUT2D eigenvalue weighted by Crippen LogP contribution is 2.18. The van der Waals surface area contributed by atoms with Gasteiger partial charge in [-0.25, -0.2) is 4.39 Å². The molecule has 2 aromatic carbocycles. The van der Waals surface area contributed by atoms with E-state index in [1.54, 1.807) is 19.1 Å². The molecule has 0 unspecified atom stereocenters. The molecular weight excluding hydrogens is 241 g/mol. The van der Waals surface area contributed by atoms with Gasteiger partial charge in [0.25, 0.3) is 5.91 Å². The molecular formula is C16H16FNO. The average Bonchev–Trinajstić information content (AvgIpc) is 2.42. The van der Waals surface area contributed by atoms with Crippen LogP contribution in [-0.4, -0.2) is 5.91 Å². The summed E-state index contributed by atoms with van der Waals surface area (Å²) in [6.07, 6.45) is 0.812. The Hall–Kier alpha value is -2.16. The molecule has 2 aromatic rings. The molecule has 0 aliphatic carbocycles. The maximum absolute atomic E-state index is 13.9. The predicted molar refractivity (Wildman–Crippen MR) is 74.9 cm³/mol. The zero-order valence-corrected chi connectivity index (χ0v) is 11.0. The highest BCUT2D eigenvalue weighted by molar-refractivity contribution is 6.04. The van der Waals surface area contributed by atoms with Crippen molar-refractivity contribution in [3.8, 4) is 0 Å². The number of rotatable bonds is 3. The third-order valence-corrected chi connectivity index (χ3v) is 3.08. The van der Waals surface area contributed by atoms with Gasteiger partial charge in [-0.15, -0.1) is 0 Å². The number of carbonyl (C=O) groups excluding carboxylic acids is 1. The summed E-state index contributed by atoms with van der Waals surface area (Å²) in [4.78, 5) is 12.1. The lowest BCUT2D eigenvalue weighted by Gasteiger charge is -2.10. The highest BCUT2D eigenvalue weighted by atomic mass is 19.1. The molecule has 0 aliphatic heterocycles. The number of hydrogen-bond acceptors (Lipinski definition) is 1. The molecule has 0 fully saturated rings. The number of halogens is 1. The summed E-state index contributed by atoms with van der Waals surface area (Å²) in [5, 5.41) is 2.77. The van der Waals surface area contributed by atoms with Gasteiger partial charge >= 0.3 is 0 Å². The molecule has 0 spiro atoms. The Morgan fingerprint density at radius 1 is 1.16 bits per heavy atom. The van der Waals surface area contributed by atoms with Gasteiger partial charge in [0.05, 0.1) is 5.56 Å². The fraction of sp³-hybridized carbons (Fsp3) is 0.188. The van der Waals surface area contributed by atoms with Gasteiger partial charge in [-0.2, -0.15) is 0 Å². The maximum atomic E-state index is 13.9. The number of anilines is 1. The van der Waals surface area contributed by atoms with E-state index < -0.39 is 11.7 Å². The van der Waals surface area contributed by atoms with Gasteiger partial charge < -0.3 is 5.32 Å². The molecule has 3 heteroatoms. The van der Waals surface area contributed by atoms with Gasteiger partial charge in [-0.05, 0) is 36.6 Å². The zero-order valence-electron chi connectivity index (χ0n) is 11.0. The van der Waals surface area contributed by atoms with Crippen LogP contribution >= 0.6 is 0 Å². The molecule has 19 heavy (non-hydrogen) atoms. The second-order valence-corrected chi connectivity index (χ2v) is 4.40. The predicted octanol–water partition coefficient (Wildman–Crippen LogP) is 3.95. The number of amides is 1. The molecule has 0 radical (unpaired) electrons. The first-order chi connectivity index (χ1) is 9.13. The standard InChI is InChI=1S/C16H16FNO/c1-3-12-8-4-5-10-14(12)18-16(19)13-9-6-7-11(2)15(13)17/h4-10H,3H2,1-2H3,(H,18,19). The normalized spacial score (nSPS) is 10.3. The minimum Gasteiger partial charge on any atom is -0.322 e. The van der Waals surface area contributed by atoms with E-state index in [1.165, 1.54) is 6.07 Å². The minimum atomic E-state index is -0.464. The molecule has 0 saturated carbocycles. The summed E-state index contributed by atoms with van der Waals surface area (Å²) in [6.45, 7) is 3.66. The largest absolute Gasteiger partial charge is 0.322 e. The molecule has 0 heterocycles. The number of hydrogen-bond donors (Lipinski definition) is 1. The summed E-state index contributed by atoms with van der Waals surface area (Å²) in [5.74, 6) is -0.879. The van der Waals surface area contributed by atoms with Crippen LogP contribution in [0.4, 0.5) is 10.1 Å². The highest BCUT2D eigenvalue weighted by Gasteiger charge is 2.14.